The molecule has 0 saturated carbocycles. The van der Waals surface area contributed by atoms with Crippen molar-refractivity contribution in [1.29, 1.82) is 0 Å². The first-order chi connectivity index (χ1) is 24.8. The molecule has 52 heavy (non-hydrogen) atoms. The van der Waals surface area contributed by atoms with Gasteiger partial charge in [-0.25, -0.2) is 0 Å². The third-order valence-corrected chi connectivity index (χ3v) is 12.4. The standard InChI is InChI=1S/C52H48/c1-27-18-30(4)46(31(5)19-27)40-25-42(48-34(8)22-29(3)23-35(48)9)43-26-45-50-39(36-14-12-13-15-44(36)52(45,10)11)24-41(38-17-16-37(40)49(43)51(38)50)47-32(6)20-28(2)21-33(47)7/h12-26H,1-11H3. The zero-order valence-electron chi connectivity index (χ0n) is 32.7. The van der Waals surface area contributed by atoms with E-state index in [0.29, 0.717) is 0 Å². The second-order valence-corrected chi connectivity index (χ2v) is 16.7. The molecule has 9 rings (SSSR count). The largest absolute Gasteiger partial charge is 0.0619 e. The molecule has 0 spiro atoms. The van der Waals surface area contributed by atoms with Crippen LogP contribution in [0.25, 0.3) is 76.8 Å². The van der Waals surface area contributed by atoms with E-state index in [9.17, 15) is 0 Å². The molecule has 0 fully saturated rings. The molecule has 0 aromatic heterocycles. The molecule has 0 aliphatic heterocycles. The molecule has 8 aromatic carbocycles. The Kier molecular flexibility index (Phi) is 7.01. The van der Waals surface area contributed by atoms with E-state index >= 15 is 0 Å². The second-order valence-electron chi connectivity index (χ2n) is 16.7. The van der Waals surface area contributed by atoms with Gasteiger partial charge in [-0.1, -0.05) is 103 Å². The summed E-state index contributed by atoms with van der Waals surface area (Å²) in [6.07, 6.45) is 0. The molecule has 0 unspecified atom stereocenters. The van der Waals surface area contributed by atoms with Gasteiger partial charge in [0.2, 0.25) is 0 Å². The first-order valence-corrected chi connectivity index (χ1v) is 18.9. The third-order valence-electron chi connectivity index (χ3n) is 12.4. The Labute approximate surface area is 309 Å². The maximum Gasteiger partial charge on any atom is 0.0159 e. The number of hydrogen-bond acceptors (Lipinski definition) is 0. The van der Waals surface area contributed by atoms with Gasteiger partial charge in [-0.15, -0.1) is 0 Å². The molecule has 0 heterocycles. The lowest BCUT2D eigenvalue weighted by Gasteiger charge is -2.37. The van der Waals surface area contributed by atoms with Crippen molar-refractivity contribution in [3.63, 3.8) is 0 Å². The van der Waals surface area contributed by atoms with Crippen molar-refractivity contribution in [2.45, 2.75) is 81.6 Å². The van der Waals surface area contributed by atoms with Crippen molar-refractivity contribution in [2.75, 3.05) is 0 Å². The summed E-state index contributed by atoms with van der Waals surface area (Å²) in [5.74, 6) is 0. The molecular weight excluding hydrogens is 625 g/mol. The van der Waals surface area contributed by atoms with Gasteiger partial charge in [0.15, 0.2) is 0 Å². The Morgan fingerprint density at radius 1 is 0.327 bits per heavy atom. The van der Waals surface area contributed by atoms with Crippen LogP contribution in [0.2, 0.25) is 0 Å². The summed E-state index contributed by atoms with van der Waals surface area (Å²) >= 11 is 0. The molecule has 0 amide bonds. The first kappa shape index (κ1) is 32.7. The predicted octanol–water partition coefficient (Wildman–Crippen LogP) is 14.7. The Balaban J connectivity index is 1.59. The lowest BCUT2D eigenvalue weighted by molar-refractivity contribution is 0.646. The molecule has 0 atom stereocenters. The quantitative estimate of drug-likeness (QED) is 0.164. The highest BCUT2D eigenvalue weighted by Gasteiger charge is 2.36. The van der Waals surface area contributed by atoms with Crippen molar-refractivity contribution in [2.24, 2.45) is 0 Å². The maximum atomic E-state index is 2.60. The maximum absolute atomic E-state index is 2.60. The summed E-state index contributed by atoms with van der Waals surface area (Å²) in [5, 5.41) is 8.27. The van der Waals surface area contributed by atoms with E-state index in [2.05, 4.69) is 167 Å². The van der Waals surface area contributed by atoms with Gasteiger partial charge in [-0.3, -0.25) is 0 Å². The van der Waals surface area contributed by atoms with E-state index in [0.717, 1.165) is 0 Å². The van der Waals surface area contributed by atoms with E-state index in [1.54, 1.807) is 0 Å². The van der Waals surface area contributed by atoms with Crippen LogP contribution in [0.4, 0.5) is 0 Å². The Bertz CT molecular complexity index is 2770. The van der Waals surface area contributed by atoms with E-state index in [1.807, 2.05) is 0 Å². The van der Waals surface area contributed by atoms with Crippen LogP contribution in [0.5, 0.6) is 0 Å². The fourth-order valence-corrected chi connectivity index (χ4v) is 10.6. The zero-order chi connectivity index (χ0) is 36.5. The van der Waals surface area contributed by atoms with Crippen molar-refractivity contribution in [3.8, 4) is 44.5 Å². The van der Waals surface area contributed by atoms with Crippen LogP contribution in [-0.2, 0) is 5.41 Å². The van der Waals surface area contributed by atoms with Crippen LogP contribution < -0.4 is 0 Å². The van der Waals surface area contributed by atoms with E-state index in [1.165, 1.54) is 138 Å². The number of rotatable bonds is 3. The van der Waals surface area contributed by atoms with E-state index in [4.69, 9.17) is 0 Å². The summed E-state index contributed by atoms with van der Waals surface area (Å²) < 4.78 is 0. The molecule has 0 N–H and O–H groups in total. The number of hydrogen-bond donors (Lipinski definition) is 0. The van der Waals surface area contributed by atoms with Crippen LogP contribution in [0, 0.1) is 62.3 Å². The van der Waals surface area contributed by atoms with Crippen LogP contribution in [-0.4, -0.2) is 0 Å². The average Bonchev–Trinajstić information content (AvgIpc) is 3.06. The second kappa shape index (κ2) is 11.1. The minimum atomic E-state index is -0.176. The highest BCUT2D eigenvalue weighted by Crippen LogP contribution is 2.56. The summed E-state index contributed by atoms with van der Waals surface area (Å²) in [4.78, 5) is 0. The number of benzene rings is 8. The van der Waals surface area contributed by atoms with Crippen LogP contribution >= 0.6 is 0 Å². The highest BCUT2D eigenvalue weighted by molar-refractivity contribution is 6.33. The predicted molar refractivity (Wildman–Crippen MR) is 227 cm³/mol. The van der Waals surface area contributed by atoms with Crippen molar-refractivity contribution in [3.05, 3.63) is 152 Å². The highest BCUT2D eigenvalue weighted by atomic mass is 14.4. The number of aryl methyl sites for hydroxylation is 9. The molecule has 1 aliphatic rings. The third kappa shape index (κ3) is 4.46. The smallest absolute Gasteiger partial charge is 0.0159 e. The molecule has 0 heteroatoms. The Morgan fingerprint density at radius 2 is 0.731 bits per heavy atom. The van der Waals surface area contributed by atoms with Gasteiger partial charge in [0.25, 0.3) is 0 Å². The summed E-state index contributed by atoms with van der Waals surface area (Å²) in [5.41, 5.74) is 25.4. The minimum absolute atomic E-state index is 0.176. The molecule has 0 bridgehead atoms. The lowest BCUT2D eigenvalue weighted by Crippen LogP contribution is -2.24. The van der Waals surface area contributed by atoms with Gasteiger partial charge in [0, 0.05) is 5.41 Å². The molecule has 8 aromatic rings. The van der Waals surface area contributed by atoms with Crippen LogP contribution in [0.1, 0.15) is 75.0 Å². The van der Waals surface area contributed by atoms with Crippen molar-refractivity contribution < 1.29 is 0 Å². The van der Waals surface area contributed by atoms with Crippen molar-refractivity contribution in [1.82, 2.24) is 0 Å². The van der Waals surface area contributed by atoms with Gasteiger partial charge >= 0.3 is 0 Å². The lowest BCUT2D eigenvalue weighted by atomic mass is 9.66. The van der Waals surface area contributed by atoms with Gasteiger partial charge in [-0.05, 0) is 202 Å². The van der Waals surface area contributed by atoms with E-state index < -0.39 is 0 Å². The molecule has 0 nitrogen and oxygen atoms in total. The first-order valence-electron chi connectivity index (χ1n) is 18.9. The monoisotopic (exact) mass is 672 g/mol. The Hall–Kier alpha value is -5.20. The van der Waals surface area contributed by atoms with E-state index in [-0.39, 0.29) is 5.41 Å². The van der Waals surface area contributed by atoms with Crippen LogP contribution in [0.3, 0.4) is 0 Å². The summed E-state index contributed by atoms with van der Waals surface area (Å²) in [7, 11) is 0. The SMILES string of the molecule is Cc1cc(C)c(-c2cc(-c3c(C)cc(C)cc3C)c3cc4c5c(cc(-c6c(C)cc(C)cc6C)c6ccc2c3c65)-c2ccccc2C4(C)C)c(C)c1. The molecule has 256 valence electrons. The van der Waals surface area contributed by atoms with Crippen LogP contribution in [0.15, 0.2) is 91.0 Å². The van der Waals surface area contributed by atoms with Gasteiger partial charge < -0.3 is 0 Å². The van der Waals surface area contributed by atoms with Gasteiger partial charge in [0.1, 0.15) is 0 Å². The Morgan fingerprint density at radius 3 is 1.21 bits per heavy atom. The number of fused-ring (bicyclic) bond motifs is 2. The molecule has 1 aliphatic carbocycles. The molecule has 0 radical (unpaired) electrons. The minimum Gasteiger partial charge on any atom is -0.0619 e. The van der Waals surface area contributed by atoms with Crippen molar-refractivity contribution >= 4 is 32.3 Å². The normalized spacial score (nSPS) is 13.4. The fraction of sp³-hybridized carbons (Fsp3) is 0.231. The summed E-state index contributed by atoms with van der Waals surface area (Å²) in [6.45, 7) is 25.3. The summed E-state index contributed by atoms with van der Waals surface area (Å²) in [6, 6.07) is 35.9. The average molecular weight is 673 g/mol. The fourth-order valence-electron chi connectivity index (χ4n) is 10.6. The topological polar surface area (TPSA) is 0 Å². The zero-order valence-corrected chi connectivity index (χ0v) is 32.7. The van der Waals surface area contributed by atoms with Gasteiger partial charge in [0.05, 0.1) is 0 Å². The van der Waals surface area contributed by atoms with Gasteiger partial charge in [-0.2, -0.15) is 0 Å². The molecular formula is C52H48. The molecule has 0 saturated heterocycles.